The van der Waals surface area contributed by atoms with E-state index in [1.54, 1.807) is 13.2 Å². The van der Waals surface area contributed by atoms with Crippen LogP contribution in [-0.2, 0) is 19.6 Å². The summed E-state index contributed by atoms with van der Waals surface area (Å²) in [6, 6.07) is 29.6. The van der Waals surface area contributed by atoms with Crippen LogP contribution < -0.4 is 14.8 Å². The summed E-state index contributed by atoms with van der Waals surface area (Å²) in [5.41, 5.74) is 6.37. The van der Waals surface area contributed by atoms with Crippen LogP contribution in [0.25, 0.3) is 22.2 Å². The quantitative estimate of drug-likeness (QED) is 0.167. The monoisotopic (exact) mass is 540 g/mol. The number of hydrogen-bond donors (Lipinski definition) is 1. The number of aryl methyl sites for hydroxylation is 1. The smallest absolute Gasteiger partial charge is 0.156 e. The van der Waals surface area contributed by atoms with Crippen molar-refractivity contribution in [1.29, 1.82) is 0 Å². The number of alkyl halides is 1. The molecule has 0 unspecified atom stereocenters. The SMILES string of the molecule is COc1ccc(-c2c(F)c3cc(OCc4ccccc4)ccc3n2Cc2ccc(CCNCCF)cc2)c(C)c1. The zero-order valence-corrected chi connectivity index (χ0v) is 22.9. The number of rotatable bonds is 12. The number of aromatic nitrogens is 1. The van der Waals surface area contributed by atoms with Crippen molar-refractivity contribution < 1.29 is 18.3 Å². The molecule has 4 aromatic carbocycles. The molecule has 40 heavy (non-hydrogen) atoms. The Morgan fingerprint density at radius 1 is 0.800 bits per heavy atom. The highest BCUT2D eigenvalue weighted by Gasteiger charge is 2.21. The Labute approximate surface area is 234 Å². The summed E-state index contributed by atoms with van der Waals surface area (Å²) in [7, 11) is 1.63. The van der Waals surface area contributed by atoms with Crippen LogP contribution in [0.15, 0.2) is 91.0 Å². The van der Waals surface area contributed by atoms with Gasteiger partial charge in [0, 0.05) is 24.0 Å². The van der Waals surface area contributed by atoms with Gasteiger partial charge in [-0.1, -0.05) is 54.6 Å². The average Bonchev–Trinajstić information content (AvgIpc) is 3.25. The third kappa shape index (κ3) is 6.18. The van der Waals surface area contributed by atoms with Crippen molar-refractivity contribution in [2.45, 2.75) is 26.5 Å². The fourth-order valence-corrected chi connectivity index (χ4v) is 5.00. The van der Waals surface area contributed by atoms with Crippen LogP contribution >= 0.6 is 0 Å². The van der Waals surface area contributed by atoms with E-state index in [2.05, 4.69) is 29.6 Å². The normalized spacial score (nSPS) is 11.2. The number of benzene rings is 4. The fraction of sp³-hybridized carbons (Fsp3) is 0.235. The Morgan fingerprint density at radius 2 is 1.55 bits per heavy atom. The maximum absolute atomic E-state index is 16.3. The molecular formula is C34H34F2N2O2. The molecule has 0 aliphatic rings. The van der Waals surface area contributed by atoms with E-state index >= 15 is 4.39 Å². The molecule has 6 heteroatoms. The van der Waals surface area contributed by atoms with Gasteiger partial charge >= 0.3 is 0 Å². The van der Waals surface area contributed by atoms with E-state index in [-0.39, 0.29) is 12.5 Å². The number of halogens is 2. The summed E-state index contributed by atoms with van der Waals surface area (Å²) in [5, 5.41) is 3.60. The molecule has 206 valence electrons. The summed E-state index contributed by atoms with van der Waals surface area (Å²) in [6.07, 6.45) is 0.823. The summed E-state index contributed by atoms with van der Waals surface area (Å²) in [5.74, 6) is 1.08. The predicted molar refractivity (Wildman–Crippen MR) is 157 cm³/mol. The van der Waals surface area contributed by atoms with E-state index in [0.717, 1.165) is 46.5 Å². The summed E-state index contributed by atoms with van der Waals surface area (Å²) < 4.78 is 42.1. The topological polar surface area (TPSA) is 35.4 Å². The van der Waals surface area contributed by atoms with E-state index in [4.69, 9.17) is 9.47 Å². The Morgan fingerprint density at radius 3 is 2.27 bits per heavy atom. The molecule has 0 radical (unpaired) electrons. The first kappa shape index (κ1) is 27.4. The lowest BCUT2D eigenvalue weighted by molar-refractivity contribution is 0.306. The number of ether oxygens (including phenoxy) is 2. The predicted octanol–water partition coefficient (Wildman–Crippen LogP) is 7.49. The molecule has 5 aromatic rings. The third-order valence-electron chi connectivity index (χ3n) is 7.14. The minimum atomic E-state index is -0.364. The van der Waals surface area contributed by atoms with Crippen molar-refractivity contribution in [3.8, 4) is 22.8 Å². The lowest BCUT2D eigenvalue weighted by atomic mass is 10.0. The van der Waals surface area contributed by atoms with Crippen LogP contribution in [0.2, 0.25) is 0 Å². The van der Waals surface area contributed by atoms with E-state index in [1.165, 1.54) is 5.56 Å². The molecule has 4 nitrogen and oxygen atoms in total. The van der Waals surface area contributed by atoms with Crippen molar-refractivity contribution in [2.24, 2.45) is 0 Å². The summed E-state index contributed by atoms with van der Waals surface area (Å²) in [4.78, 5) is 0. The molecule has 0 saturated heterocycles. The molecule has 0 bridgehead atoms. The lowest BCUT2D eigenvalue weighted by Gasteiger charge is -2.14. The van der Waals surface area contributed by atoms with E-state index < -0.39 is 0 Å². The molecule has 0 amide bonds. The van der Waals surface area contributed by atoms with Crippen molar-refractivity contribution in [3.05, 3.63) is 119 Å². The van der Waals surface area contributed by atoms with Crippen LogP contribution in [-0.4, -0.2) is 31.4 Å². The van der Waals surface area contributed by atoms with Gasteiger partial charge < -0.3 is 19.4 Å². The van der Waals surface area contributed by atoms with Gasteiger partial charge in [-0.2, -0.15) is 0 Å². The summed E-state index contributed by atoms with van der Waals surface area (Å²) >= 11 is 0. The molecule has 5 rings (SSSR count). The maximum Gasteiger partial charge on any atom is 0.156 e. The highest BCUT2D eigenvalue weighted by atomic mass is 19.1. The first-order valence-corrected chi connectivity index (χ1v) is 13.6. The fourth-order valence-electron chi connectivity index (χ4n) is 5.00. The Hall–Kier alpha value is -4.16. The minimum Gasteiger partial charge on any atom is -0.497 e. The van der Waals surface area contributed by atoms with Gasteiger partial charge in [0.1, 0.15) is 24.8 Å². The number of fused-ring (bicyclic) bond motifs is 1. The highest BCUT2D eigenvalue weighted by Crippen LogP contribution is 2.37. The Balaban J connectivity index is 1.49. The van der Waals surface area contributed by atoms with Crippen molar-refractivity contribution in [3.63, 3.8) is 0 Å². The molecule has 0 fully saturated rings. The van der Waals surface area contributed by atoms with Gasteiger partial charge in [0.25, 0.3) is 0 Å². The number of methoxy groups -OCH3 is 1. The van der Waals surface area contributed by atoms with E-state index in [0.29, 0.717) is 36.5 Å². The second-order valence-corrected chi connectivity index (χ2v) is 9.89. The Kier molecular flexibility index (Phi) is 8.77. The largest absolute Gasteiger partial charge is 0.497 e. The standard InChI is InChI=1S/C34H34F2N2O2/c1-24-20-28(39-2)12-14-30(24)34-33(36)31-21-29(40-23-27-6-4-3-5-7-27)13-15-32(31)38(34)22-26-10-8-25(9-11-26)16-18-37-19-17-35/h3-15,20-21,37H,16-19,22-23H2,1-2H3. The molecule has 0 saturated carbocycles. The van der Waals surface area contributed by atoms with Crippen molar-refractivity contribution in [2.75, 3.05) is 26.9 Å². The zero-order chi connectivity index (χ0) is 27.9. The van der Waals surface area contributed by atoms with E-state index in [1.807, 2.05) is 72.2 Å². The summed E-state index contributed by atoms with van der Waals surface area (Å²) in [6.45, 7) is 3.63. The molecule has 0 atom stereocenters. The average molecular weight is 541 g/mol. The molecule has 1 aromatic heterocycles. The van der Waals surface area contributed by atoms with Gasteiger partial charge in [-0.25, -0.2) is 8.78 Å². The maximum atomic E-state index is 16.3. The molecular weight excluding hydrogens is 506 g/mol. The van der Waals surface area contributed by atoms with Gasteiger partial charge in [-0.3, -0.25) is 0 Å². The lowest BCUT2D eigenvalue weighted by Crippen LogP contribution is -2.19. The number of hydrogen-bond acceptors (Lipinski definition) is 3. The molecule has 1 N–H and O–H groups in total. The molecule has 0 aliphatic carbocycles. The van der Waals surface area contributed by atoms with Crippen LogP contribution in [0.5, 0.6) is 11.5 Å². The van der Waals surface area contributed by atoms with Gasteiger partial charge in [-0.15, -0.1) is 0 Å². The Bertz CT molecular complexity index is 1560. The number of nitrogens with zero attached hydrogens (tertiary/aromatic N) is 1. The second kappa shape index (κ2) is 12.8. The third-order valence-corrected chi connectivity index (χ3v) is 7.14. The highest BCUT2D eigenvalue weighted by molar-refractivity contribution is 5.90. The van der Waals surface area contributed by atoms with E-state index in [9.17, 15) is 4.39 Å². The molecule has 0 aliphatic heterocycles. The first-order valence-electron chi connectivity index (χ1n) is 13.6. The first-order chi connectivity index (χ1) is 19.6. The van der Waals surface area contributed by atoms with Gasteiger partial charge in [0.15, 0.2) is 5.82 Å². The van der Waals surface area contributed by atoms with Crippen molar-refractivity contribution >= 4 is 10.9 Å². The molecule has 1 heterocycles. The number of nitrogens with one attached hydrogen (secondary N) is 1. The zero-order valence-electron chi connectivity index (χ0n) is 22.9. The van der Waals surface area contributed by atoms with Gasteiger partial charge in [-0.05, 0) is 78.5 Å². The van der Waals surface area contributed by atoms with Crippen molar-refractivity contribution in [1.82, 2.24) is 9.88 Å². The van der Waals surface area contributed by atoms with Crippen LogP contribution in [0.1, 0.15) is 22.3 Å². The second-order valence-electron chi connectivity index (χ2n) is 9.89. The minimum absolute atomic E-state index is 0.274. The van der Waals surface area contributed by atoms with Gasteiger partial charge in [0.05, 0.1) is 18.3 Å². The van der Waals surface area contributed by atoms with Crippen LogP contribution in [0, 0.1) is 12.7 Å². The van der Waals surface area contributed by atoms with Crippen LogP contribution in [0.4, 0.5) is 8.78 Å². The van der Waals surface area contributed by atoms with Crippen LogP contribution in [0.3, 0.4) is 0 Å². The van der Waals surface area contributed by atoms with Gasteiger partial charge in [0.2, 0.25) is 0 Å². The molecule has 0 spiro atoms.